The molecule has 5 nitrogen and oxygen atoms in total. The second kappa shape index (κ2) is 7.12. The van der Waals surface area contributed by atoms with Crippen LogP contribution in [-0.2, 0) is 20.5 Å². The maximum absolute atomic E-state index is 13.0. The van der Waals surface area contributed by atoms with Gasteiger partial charge in [-0.1, -0.05) is 11.6 Å². The van der Waals surface area contributed by atoms with Crippen molar-refractivity contribution >= 4 is 29.2 Å². The molecule has 9 heteroatoms. The number of rotatable bonds is 4. The number of anilines is 1. The predicted octanol–water partition coefficient (Wildman–Crippen LogP) is 4.56. The highest BCUT2D eigenvalue weighted by Gasteiger charge is 2.61. The van der Waals surface area contributed by atoms with Crippen LogP contribution in [0.4, 0.5) is 18.9 Å². The highest BCUT2D eigenvalue weighted by molar-refractivity contribution is 6.33. The second-order valence-electron chi connectivity index (χ2n) is 9.19. The Labute approximate surface area is 176 Å². The van der Waals surface area contributed by atoms with Crippen molar-refractivity contribution < 1.29 is 32.6 Å². The Morgan fingerprint density at radius 3 is 2.43 bits per heavy atom. The van der Waals surface area contributed by atoms with E-state index in [9.17, 15) is 27.9 Å². The summed E-state index contributed by atoms with van der Waals surface area (Å²) in [7, 11) is 0. The molecule has 3 unspecified atom stereocenters. The van der Waals surface area contributed by atoms with Crippen LogP contribution in [0.3, 0.4) is 0 Å². The third-order valence-corrected chi connectivity index (χ3v) is 7.00. The van der Waals surface area contributed by atoms with Gasteiger partial charge < -0.3 is 15.2 Å². The first-order valence-electron chi connectivity index (χ1n) is 10.0. The minimum atomic E-state index is -4.58. The van der Waals surface area contributed by atoms with E-state index in [-0.39, 0.29) is 22.5 Å². The maximum Gasteiger partial charge on any atom is 0.416 e. The summed E-state index contributed by atoms with van der Waals surface area (Å²) in [5, 5.41) is 13.0. The van der Waals surface area contributed by atoms with Crippen LogP contribution >= 0.6 is 11.6 Å². The van der Waals surface area contributed by atoms with E-state index in [1.807, 2.05) is 0 Å². The lowest BCUT2D eigenvalue weighted by atomic mass is 9.48. The molecule has 0 aromatic heterocycles. The molecule has 5 rings (SSSR count). The molecule has 1 aromatic rings. The van der Waals surface area contributed by atoms with E-state index in [4.69, 9.17) is 16.3 Å². The summed E-state index contributed by atoms with van der Waals surface area (Å²) in [6, 6.07) is 2.61. The van der Waals surface area contributed by atoms with Crippen LogP contribution in [0.25, 0.3) is 0 Å². The summed E-state index contributed by atoms with van der Waals surface area (Å²) in [6.07, 6.45) is -1.80. The Hall–Kier alpha value is -1.80. The van der Waals surface area contributed by atoms with Gasteiger partial charge >= 0.3 is 12.1 Å². The zero-order valence-corrected chi connectivity index (χ0v) is 17.1. The topological polar surface area (TPSA) is 75.6 Å². The van der Waals surface area contributed by atoms with Gasteiger partial charge in [-0.3, -0.25) is 9.59 Å². The van der Waals surface area contributed by atoms with Crippen molar-refractivity contribution in [3.63, 3.8) is 0 Å². The Kier molecular flexibility index (Phi) is 5.09. The number of nitrogens with one attached hydrogen (secondary N) is 1. The molecule has 4 aliphatic carbocycles. The standard InChI is InChI=1S/C21H23ClF3NO4/c1-11(17(27)26-16-5-14(21(23,24)25)2-3-15(16)22)30-18(28)19-6-12-4-13(7-19)9-20(29,8-12)10-19/h2-3,5,11-13,29H,4,6-10H2,1H3,(H,26,27). The SMILES string of the molecule is CC(OC(=O)C12CC3CC(CC(O)(C3)C1)C2)C(=O)Nc1cc(C(F)(F)F)ccc1Cl. The number of halogens is 4. The molecule has 2 N–H and O–H groups in total. The molecule has 0 radical (unpaired) electrons. The summed E-state index contributed by atoms with van der Waals surface area (Å²) >= 11 is 5.91. The number of amides is 1. The van der Waals surface area contributed by atoms with Crippen LogP contribution in [-0.4, -0.2) is 28.7 Å². The lowest BCUT2D eigenvalue weighted by Crippen LogP contribution is -2.59. The summed E-state index contributed by atoms with van der Waals surface area (Å²) in [4.78, 5) is 25.4. The Morgan fingerprint density at radius 2 is 1.87 bits per heavy atom. The van der Waals surface area contributed by atoms with Crippen LogP contribution in [0.1, 0.15) is 51.0 Å². The molecule has 0 aliphatic heterocycles. The van der Waals surface area contributed by atoms with Gasteiger partial charge in [-0.25, -0.2) is 0 Å². The average Bonchev–Trinajstić information content (AvgIpc) is 2.60. The highest BCUT2D eigenvalue weighted by Crippen LogP contribution is 2.62. The molecule has 4 saturated carbocycles. The van der Waals surface area contributed by atoms with Crippen LogP contribution in [0.15, 0.2) is 18.2 Å². The number of benzene rings is 1. The van der Waals surface area contributed by atoms with Gasteiger partial charge in [0, 0.05) is 0 Å². The first-order chi connectivity index (χ1) is 13.9. The van der Waals surface area contributed by atoms with E-state index in [1.165, 1.54) is 6.92 Å². The molecule has 164 valence electrons. The lowest BCUT2D eigenvalue weighted by Gasteiger charge is -2.58. The molecule has 4 fully saturated rings. The molecule has 0 heterocycles. The largest absolute Gasteiger partial charge is 0.452 e. The highest BCUT2D eigenvalue weighted by atomic mass is 35.5. The van der Waals surface area contributed by atoms with Crippen LogP contribution < -0.4 is 5.32 Å². The smallest absolute Gasteiger partial charge is 0.416 e. The van der Waals surface area contributed by atoms with E-state index < -0.39 is 40.7 Å². The Bertz CT molecular complexity index is 873. The van der Waals surface area contributed by atoms with Gasteiger partial charge in [-0.15, -0.1) is 0 Å². The first-order valence-corrected chi connectivity index (χ1v) is 10.4. The van der Waals surface area contributed by atoms with Crippen molar-refractivity contribution in [3.05, 3.63) is 28.8 Å². The zero-order chi connectivity index (χ0) is 21.9. The van der Waals surface area contributed by atoms with Crippen molar-refractivity contribution in [1.82, 2.24) is 0 Å². The number of carbonyl (C=O) groups excluding carboxylic acids is 2. The maximum atomic E-state index is 13.0. The average molecular weight is 446 g/mol. The van der Waals surface area contributed by atoms with E-state index in [0.717, 1.165) is 24.6 Å². The second-order valence-corrected chi connectivity index (χ2v) is 9.60. The number of hydrogen-bond donors (Lipinski definition) is 2. The Balaban J connectivity index is 1.44. The van der Waals surface area contributed by atoms with Crippen molar-refractivity contribution in [3.8, 4) is 0 Å². The summed E-state index contributed by atoms with van der Waals surface area (Å²) in [5.41, 5.74) is -2.79. The molecule has 1 aromatic carbocycles. The number of esters is 1. The molecule has 4 bridgehead atoms. The quantitative estimate of drug-likeness (QED) is 0.666. The Morgan fingerprint density at radius 1 is 1.23 bits per heavy atom. The lowest BCUT2D eigenvalue weighted by molar-refractivity contribution is -0.199. The third kappa shape index (κ3) is 3.91. The monoisotopic (exact) mass is 445 g/mol. The van der Waals surface area contributed by atoms with Crippen molar-refractivity contribution in [1.29, 1.82) is 0 Å². The van der Waals surface area contributed by atoms with Crippen LogP contribution in [0, 0.1) is 17.3 Å². The predicted molar refractivity (Wildman–Crippen MR) is 103 cm³/mol. The fraction of sp³-hybridized carbons (Fsp3) is 0.619. The third-order valence-electron chi connectivity index (χ3n) is 6.67. The zero-order valence-electron chi connectivity index (χ0n) is 16.4. The number of aliphatic hydroxyl groups is 1. The van der Waals surface area contributed by atoms with Gasteiger partial charge in [0.05, 0.1) is 27.3 Å². The van der Waals surface area contributed by atoms with E-state index in [2.05, 4.69) is 5.32 Å². The summed E-state index contributed by atoms with van der Waals surface area (Å²) < 4.78 is 44.2. The number of carbonyl (C=O) groups is 2. The molecule has 0 spiro atoms. The van der Waals surface area contributed by atoms with Gasteiger partial charge in [0.25, 0.3) is 5.91 Å². The molecule has 1 amide bonds. The van der Waals surface area contributed by atoms with E-state index >= 15 is 0 Å². The fourth-order valence-electron chi connectivity index (χ4n) is 5.82. The molecule has 3 atom stereocenters. The van der Waals surface area contributed by atoms with Crippen molar-refractivity contribution in [2.75, 3.05) is 5.32 Å². The van der Waals surface area contributed by atoms with Gasteiger partial charge in [0.2, 0.25) is 0 Å². The van der Waals surface area contributed by atoms with Gasteiger partial charge in [0.1, 0.15) is 0 Å². The molecule has 30 heavy (non-hydrogen) atoms. The number of hydrogen-bond acceptors (Lipinski definition) is 4. The summed E-state index contributed by atoms with van der Waals surface area (Å²) in [5.74, 6) is -0.741. The van der Waals surface area contributed by atoms with Crippen molar-refractivity contribution in [2.45, 2.75) is 63.3 Å². The molecule has 4 aliphatic rings. The van der Waals surface area contributed by atoms with E-state index in [1.54, 1.807) is 0 Å². The van der Waals surface area contributed by atoms with E-state index in [0.29, 0.717) is 32.1 Å². The fourth-order valence-corrected chi connectivity index (χ4v) is 5.99. The minimum Gasteiger partial charge on any atom is -0.452 e. The molecule has 0 saturated heterocycles. The minimum absolute atomic E-state index is 0.0572. The van der Waals surface area contributed by atoms with Crippen molar-refractivity contribution in [2.24, 2.45) is 17.3 Å². The summed E-state index contributed by atoms with van der Waals surface area (Å²) in [6.45, 7) is 1.37. The van der Waals surface area contributed by atoms with Gasteiger partial charge in [-0.2, -0.15) is 13.2 Å². The normalized spacial score (nSPS) is 33.3. The molecular weight excluding hydrogens is 423 g/mol. The first kappa shape index (κ1) is 21.4. The van der Waals surface area contributed by atoms with Crippen LogP contribution in [0.2, 0.25) is 5.02 Å². The van der Waals surface area contributed by atoms with Gasteiger partial charge in [-0.05, 0) is 75.5 Å². The molecular formula is C21H23ClF3NO4. The number of alkyl halides is 3. The van der Waals surface area contributed by atoms with Gasteiger partial charge in [0.15, 0.2) is 6.10 Å². The van der Waals surface area contributed by atoms with Crippen LogP contribution in [0.5, 0.6) is 0 Å². The number of ether oxygens (including phenoxy) is 1.